The molecule has 26 heavy (non-hydrogen) atoms. The van der Waals surface area contributed by atoms with Crippen LogP contribution in [0.4, 0.5) is 17.3 Å². The van der Waals surface area contributed by atoms with Gasteiger partial charge in [0.1, 0.15) is 5.75 Å². The van der Waals surface area contributed by atoms with Gasteiger partial charge in [0, 0.05) is 29.8 Å². The number of nitrogens with zero attached hydrogens (tertiary/aromatic N) is 3. The molecule has 1 aromatic heterocycles. The minimum absolute atomic E-state index is 0.317. The van der Waals surface area contributed by atoms with Crippen LogP contribution >= 0.6 is 0 Å². The lowest BCUT2D eigenvalue weighted by Gasteiger charge is -2.08. The molecule has 0 saturated heterocycles. The first kappa shape index (κ1) is 16.9. The molecule has 128 valence electrons. The predicted molar refractivity (Wildman–Crippen MR) is 97.4 cm³/mol. The van der Waals surface area contributed by atoms with E-state index in [4.69, 9.17) is 10.00 Å². The van der Waals surface area contributed by atoms with Crippen LogP contribution in [0.3, 0.4) is 0 Å². The molecule has 0 unspecified atom stereocenters. The maximum absolute atomic E-state index is 12.3. The van der Waals surface area contributed by atoms with Crippen molar-refractivity contribution >= 4 is 23.2 Å². The third-order valence-electron chi connectivity index (χ3n) is 3.51. The summed E-state index contributed by atoms with van der Waals surface area (Å²) in [6.07, 6.45) is 2.88. The van der Waals surface area contributed by atoms with Crippen molar-refractivity contribution in [3.05, 3.63) is 72.1 Å². The molecule has 2 aromatic carbocycles. The lowest BCUT2D eigenvalue weighted by Crippen LogP contribution is -2.13. The van der Waals surface area contributed by atoms with Crippen LogP contribution in [0.1, 0.15) is 15.9 Å². The number of hydrogen-bond donors (Lipinski definition) is 2. The minimum atomic E-state index is -0.317. The van der Waals surface area contributed by atoms with Gasteiger partial charge in [0.25, 0.3) is 5.91 Å². The molecule has 0 atom stereocenters. The molecule has 1 heterocycles. The normalized spacial score (nSPS) is 9.85. The summed E-state index contributed by atoms with van der Waals surface area (Å²) in [4.78, 5) is 20.6. The summed E-state index contributed by atoms with van der Waals surface area (Å²) >= 11 is 0. The second-order valence-corrected chi connectivity index (χ2v) is 5.30. The first-order valence-electron chi connectivity index (χ1n) is 7.72. The van der Waals surface area contributed by atoms with Crippen LogP contribution in [0.5, 0.6) is 5.75 Å². The Morgan fingerprint density at radius 2 is 1.81 bits per heavy atom. The smallest absolute Gasteiger partial charge is 0.258 e. The summed E-state index contributed by atoms with van der Waals surface area (Å²) in [5.41, 5.74) is 2.27. The van der Waals surface area contributed by atoms with Crippen molar-refractivity contribution in [1.82, 2.24) is 9.97 Å². The van der Waals surface area contributed by atoms with Crippen molar-refractivity contribution in [2.75, 3.05) is 17.7 Å². The Labute approximate surface area is 150 Å². The van der Waals surface area contributed by atoms with E-state index in [2.05, 4.69) is 26.7 Å². The minimum Gasteiger partial charge on any atom is -0.497 e. The summed E-state index contributed by atoms with van der Waals surface area (Å²) in [5.74, 6) is 0.692. The molecular weight excluding hydrogens is 330 g/mol. The van der Waals surface area contributed by atoms with Crippen molar-refractivity contribution < 1.29 is 9.53 Å². The summed E-state index contributed by atoms with van der Waals surface area (Å²) < 4.78 is 5.13. The third-order valence-corrected chi connectivity index (χ3v) is 3.51. The van der Waals surface area contributed by atoms with Gasteiger partial charge in [0.2, 0.25) is 5.95 Å². The molecule has 3 aromatic rings. The van der Waals surface area contributed by atoms with Gasteiger partial charge in [-0.2, -0.15) is 5.26 Å². The molecule has 0 fully saturated rings. The zero-order valence-electron chi connectivity index (χ0n) is 13.9. The number of ether oxygens (including phenoxy) is 1. The van der Waals surface area contributed by atoms with Gasteiger partial charge in [-0.25, -0.2) is 9.97 Å². The molecule has 3 rings (SSSR count). The number of aromatic nitrogens is 2. The van der Waals surface area contributed by atoms with E-state index in [9.17, 15) is 4.79 Å². The van der Waals surface area contributed by atoms with Crippen LogP contribution in [0.25, 0.3) is 0 Å². The lowest BCUT2D eigenvalue weighted by molar-refractivity contribution is 0.102. The van der Waals surface area contributed by atoms with Gasteiger partial charge in [0.05, 0.1) is 24.3 Å². The number of methoxy groups -OCH3 is 1. The number of nitrogens with one attached hydrogen (secondary N) is 2. The molecule has 0 radical (unpaired) electrons. The molecule has 0 saturated carbocycles. The number of nitriles is 1. The number of carbonyl (C=O) groups is 1. The number of hydrogen-bond acceptors (Lipinski definition) is 6. The van der Waals surface area contributed by atoms with E-state index in [0.717, 1.165) is 5.69 Å². The zero-order chi connectivity index (χ0) is 18.4. The molecule has 0 aliphatic rings. The Morgan fingerprint density at radius 3 is 2.46 bits per heavy atom. The molecule has 0 aliphatic carbocycles. The third kappa shape index (κ3) is 4.13. The van der Waals surface area contributed by atoms with Crippen LogP contribution in [0, 0.1) is 11.3 Å². The van der Waals surface area contributed by atoms with Crippen LogP contribution < -0.4 is 15.4 Å². The standard InChI is InChI=1S/C19H15N5O2/c1-26-17-4-2-3-16(9-17)23-18(25)14-11-21-19(22-12-14)24-15-7-5-13(10-20)6-8-15/h2-9,11-12H,1H3,(H,23,25)(H,21,22,24). The Morgan fingerprint density at radius 1 is 1.08 bits per heavy atom. The highest BCUT2D eigenvalue weighted by Crippen LogP contribution is 2.18. The molecule has 1 amide bonds. The van der Waals surface area contributed by atoms with E-state index in [1.807, 2.05) is 0 Å². The average Bonchev–Trinajstić information content (AvgIpc) is 2.69. The highest BCUT2D eigenvalue weighted by atomic mass is 16.5. The number of benzene rings is 2. The van der Waals surface area contributed by atoms with Gasteiger partial charge in [0.15, 0.2) is 0 Å². The second-order valence-electron chi connectivity index (χ2n) is 5.30. The molecule has 2 N–H and O–H groups in total. The fraction of sp³-hybridized carbons (Fsp3) is 0.0526. The molecule has 7 nitrogen and oxygen atoms in total. The SMILES string of the molecule is COc1cccc(NC(=O)c2cnc(Nc3ccc(C#N)cc3)nc2)c1. The van der Waals surface area contributed by atoms with Gasteiger partial charge in [-0.05, 0) is 36.4 Å². The fourth-order valence-corrected chi connectivity index (χ4v) is 2.17. The van der Waals surface area contributed by atoms with E-state index < -0.39 is 0 Å². The van der Waals surface area contributed by atoms with E-state index in [1.165, 1.54) is 12.4 Å². The molecular formula is C19H15N5O2. The molecule has 0 aliphatic heterocycles. The van der Waals surface area contributed by atoms with Crippen molar-refractivity contribution in [1.29, 1.82) is 5.26 Å². The van der Waals surface area contributed by atoms with Crippen molar-refractivity contribution in [2.24, 2.45) is 0 Å². The van der Waals surface area contributed by atoms with Crippen molar-refractivity contribution in [3.8, 4) is 11.8 Å². The average molecular weight is 345 g/mol. The Balaban J connectivity index is 1.66. The first-order chi connectivity index (χ1) is 12.7. The largest absolute Gasteiger partial charge is 0.497 e. The van der Waals surface area contributed by atoms with Crippen LogP contribution in [-0.4, -0.2) is 23.0 Å². The van der Waals surface area contributed by atoms with Crippen LogP contribution in [-0.2, 0) is 0 Å². The Hall–Kier alpha value is -3.92. The molecule has 7 heteroatoms. The topological polar surface area (TPSA) is 99.9 Å². The lowest BCUT2D eigenvalue weighted by atomic mass is 10.2. The highest BCUT2D eigenvalue weighted by molar-refractivity contribution is 6.04. The summed E-state index contributed by atoms with van der Waals surface area (Å²) in [6.45, 7) is 0. The quantitative estimate of drug-likeness (QED) is 0.735. The maximum Gasteiger partial charge on any atom is 0.258 e. The zero-order valence-corrected chi connectivity index (χ0v) is 13.9. The van der Waals surface area contributed by atoms with E-state index in [1.54, 1.807) is 55.6 Å². The maximum atomic E-state index is 12.3. The van der Waals surface area contributed by atoms with Gasteiger partial charge < -0.3 is 15.4 Å². The Bertz CT molecular complexity index is 947. The van der Waals surface area contributed by atoms with E-state index in [0.29, 0.717) is 28.5 Å². The van der Waals surface area contributed by atoms with Crippen molar-refractivity contribution in [2.45, 2.75) is 0 Å². The first-order valence-corrected chi connectivity index (χ1v) is 7.72. The van der Waals surface area contributed by atoms with Gasteiger partial charge >= 0.3 is 0 Å². The summed E-state index contributed by atoms with van der Waals surface area (Å²) in [7, 11) is 1.56. The van der Waals surface area contributed by atoms with Crippen LogP contribution in [0.2, 0.25) is 0 Å². The predicted octanol–water partition coefficient (Wildman–Crippen LogP) is 3.35. The number of rotatable bonds is 5. The van der Waals surface area contributed by atoms with E-state index >= 15 is 0 Å². The van der Waals surface area contributed by atoms with E-state index in [-0.39, 0.29) is 5.91 Å². The number of carbonyl (C=O) groups excluding carboxylic acids is 1. The fourth-order valence-electron chi connectivity index (χ4n) is 2.17. The monoisotopic (exact) mass is 345 g/mol. The molecule has 0 spiro atoms. The van der Waals surface area contributed by atoms with Gasteiger partial charge in [-0.1, -0.05) is 6.07 Å². The molecule has 0 bridgehead atoms. The highest BCUT2D eigenvalue weighted by Gasteiger charge is 2.08. The summed E-state index contributed by atoms with van der Waals surface area (Å²) in [6, 6.07) is 16.0. The van der Waals surface area contributed by atoms with Crippen molar-refractivity contribution in [3.63, 3.8) is 0 Å². The summed E-state index contributed by atoms with van der Waals surface area (Å²) in [5, 5.41) is 14.6. The Kier molecular flexibility index (Phi) is 5.05. The van der Waals surface area contributed by atoms with Gasteiger partial charge in [-0.15, -0.1) is 0 Å². The number of amides is 1. The van der Waals surface area contributed by atoms with Gasteiger partial charge in [-0.3, -0.25) is 4.79 Å². The second kappa shape index (κ2) is 7.77. The van der Waals surface area contributed by atoms with Crippen LogP contribution in [0.15, 0.2) is 60.9 Å². The number of anilines is 3.